The summed E-state index contributed by atoms with van der Waals surface area (Å²) in [5.41, 5.74) is 0.822. The van der Waals surface area contributed by atoms with E-state index in [0.717, 1.165) is 23.7 Å². The fraction of sp³-hybridized carbons (Fsp3) is 0.529. The number of rotatable bonds is 5. The van der Waals surface area contributed by atoms with Crippen molar-refractivity contribution in [2.75, 3.05) is 64.4 Å². The van der Waals surface area contributed by atoms with E-state index in [-0.39, 0.29) is 18.4 Å². The quantitative estimate of drug-likeness (QED) is 0.712. The van der Waals surface area contributed by atoms with Crippen LogP contribution in [-0.4, -0.2) is 95.1 Å². The summed E-state index contributed by atoms with van der Waals surface area (Å²) < 4.78 is 25.5. The molecule has 0 bridgehead atoms. The van der Waals surface area contributed by atoms with Crippen molar-refractivity contribution in [2.24, 2.45) is 0 Å². The monoisotopic (exact) mass is 382 g/mol. The second kappa shape index (κ2) is 8.05. The summed E-state index contributed by atoms with van der Waals surface area (Å²) in [5, 5.41) is 0. The third-order valence-electron chi connectivity index (χ3n) is 4.34. The minimum Gasteiger partial charge on any atom is -0.345 e. The fourth-order valence-electron chi connectivity index (χ4n) is 2.71. The number of sulfonamides is 1. The SMILES string of the molecule is CN1CCN(C(=O)CN(c2ccc(C(=O)N(C)C)cc2)S(C)(=O)=O)CC1. The first kappa shape index (κ1) is 20.2. The Morgan fingerprint density at radius 3 is 2.04 bits per heavy atom. The van der Waals surface area contributed by atoms with E-state index in [1.54, 1.807) is 43.3 Å². The summed E-state index contributed by atoms with van der Waals surface area (Å²) in [6, 6.07) is 6.23. The normalized spacial score (nSPS) is 15.6. The van der Waals surface area contributed by atoms with E-state index in [1.807, 2.05) is 7.05 Å². The molecule has 0 N–H and O–H groups in total. The number of anilines is 1. The van der Waals surface area contributed by atoms with Crippen molar-refractivity contribution in [3.63, 3.8) is 0 Å². The smallest absolute Gasteiger partial charge is 0.253 e. The van der Waals surface area contributed by atoms with Gasteiger partial charge in [0.1, 0.15) is 6.54 Å². The molecule has 0 atom stereocenters. The Balaban J connectivity index is 2.18. The molecule has 1 aromatic rings. The maximum absolute atomic E-state index is 12.5. The predicted octanol–water partition coefficient (Wildman–Crippen LogP) is -0.0716. The van der Waals surface area contributed by atoms with E-state index in [1.165, 1.54) is 4.90 Å². The van der Waals surface area contributed by atoms with E-state index in [4.69, 9.17) is 0 Å². The third-order valence-corrected chi connectivity index (χ3v) is 5.48. The van der Waals surface area contributed by atoms with Crippen molar-refractivity contribution >= 4 is 27.5 Å². The Morgan fingerprint density at radius 2 is 1.58 bits per heavy atom. The van der Waals surface area contributed by atoms with E-state index in [2.05, 4.69) is 4.90 Å². The highest BCUT2D eigenvalue weighted by Crippen LogP contribution is 2.19. The number of amides is 2. The molecule has 1 aliphatic heterocycles. The van der Waals surface area contributed by atoms with Crippen molar-refractivity contribution in [3.05, 3.63) is 29.8 Å². The minimum atomic E-state index is -3.63. The van der Waals surface area contributed by atoms with Gasteiger partial charge in [-0.3, -0.25) is 13.9 Å². The van der Waals surface area contributed by atoms with Crippen LogP contribution in [0.2, 0.25) is 0 Å². The summed E-state index contributed by atoms with van der Waals surface area (Å²) in [4.78, 5) is 29.8. The van der Waals surface area contributed by atoms with Gasteiger partial charge in [-0.1, -0.05) is 0 Å². The molecule has 26 heavy (non-hydrogen) atoms. The van der Waals surface area contributed by atoms with Gasteiger partial charge in [0.15, 0.2) is 0 Å². The van der Waals surface area contributed by atoms with Crippen molar-refractivity contribution in [3.8, 4) is 0 Å². The van der Waals surface area contributed by atoms with E-state index >= 15 is 0 Å². The Bertz CT molecular complexity index is 753. The third kappa shape index (κ3) is 4.95. The van der Waals surface area contributed by atoms with Crippen LogP contribution in [0.4, 0.5) is 5.69 Å². The molecular weight excluding hydrogens is 356 g/mol. The number of piperazine rings is 1. The number of benzene rings is 1. The second-order valence-corrected chi connectivity index (χ2v) is 8.61. The average molecular weight is 382 g/mol. The van der Waals surface area contributed by atoms with Crippen molar-refractivity contribution in [2.45, 2.75) is 0 Å². The Hall–Kier alpha value is -2.13. The minimum absolute atomic E-state index is 0.170. The number of hydrogen-bond acceptors (Lipinski definition) is 5. The average Bonchev–Trinajstić information content (AvgIpc) is 2.58. The van der Waals surface area contributed by atoms with Gasteiger partial charge in [-0.05, 0) is 31.3 Å². The first-order valence-corrected chi connectivity index (χ1v) is 10.2. The zero-order valence-electron chi connectivity index (χ0n) is 15.7. The fourth-order valence-corrected chi connectivity index (χ4v) is 3.56. The van der Waals surface area contributed by atoms with Crippen LogP contribution in [0.3, 0.4) is 0 Å². The van der Waals surface area contributed by atoms with Gasteiger partial charge in [-0.15, -0.1) is 0 Å². The highest BCUT2D eigenvalue weighted by molar-refractivity contribution is 7.92. The maximum Gasteiger partial charge on any atom is 0.253 e. The molecule has 8 nitrogen and oxygen atoms in total. The summed E-state index contributed by atoms with van der Waals surface area (Å²) in [5.74, 6) is -0.395. The van der Waals surface area contributed by atoms with Crippen LogP contribution in [0, 0.1) is 0 Å². The lowest BCUT2D eigenvalue weighted by Crippen LogP contribution is -2.50. The summed E-state index contributed by atoms with van der Waals surface area (Å²) in [6.07, 6.45) is 1.07. The number of nitrogens with zero attached hydrogens (tertiary/aromatic N) is 4. The Morgan fingerprint density at radius 1 is 1.04 bits per heavy atom. The summed E-state index contributed by atoms with van der Waals surface area (Å²) in [6.45, 7) is 2.47. The van der Waals surface area contributed by atoms with Crippen LogP contribution in [-0.2, 0) is 14.8 Å². The van der Waals surface area contributed by atoms with Crippen molar-refractivity contribution in [1.82, 2.24) is 14.7 Å². The molecular formula is C17H26N4O4S. The van der Waals surface area contributed by atoms with Crippen LogP contribution < -0.4 is 4.31 Å². The highest BCUT2D eigenvalue weighted by Gasteiger charge is 2.26. The second-order valence-electron chi connectivity index (χ2n) is 6.70. The van der Waals surface area contributed by atoms with Crippen LogP contribution in [0.5, 0.6) is 0 Å². The lowest BCUT2D eigenvalue weighted by atomic mass is 10.2. The largest absolute Gasteiger partial charge is 0.345 e. The molecule has 0 aromatic heterocycles. The van der Waals surface area contributed by atoms with Gasteiger partial charge >= 0.3 is 0 Å². The van der Waals surface area contributed by atoms with Crippen LogP contribution in [0.1, 0.15) is 10.4 Å². The van der Waals surface area contributed by atoms with Crippen molar-refractivity contribution in [1.29, 1.82) is 0 Å². The zero-order valence-corrected chi connectivity index (χ0v) is 16.5. The van der Waals surface area contributed by atoms with Crippen molar-refractivity contribution < 1.29 is 18.0 Å². The highest BCUT2D eigenvalue weighted by atomic mass is 32.2. The molecule has 0 aliphatic carbocycles. The van der Waals surface area contributed by atoms with Crippen LogP contribution in [0.15, 0.2) is 24.3 Å². The molecule has 1 fully saturated rings. The Kier molecular flexibility index (Phi) is 6.25. The molecule has 0 spiro atoms. The number of carbonyl (C=O) groups excluding carboxylic acids is 2. The Labute approximate surface area is 155 Å². The van der Waals surface area contributed by atoms with Gasteiger partial charge in [-0.2, -0.15) is 0 Å². The molecule has 1 aliphatic rings. The first-order chi connectivity index (χ1) is 12.1. The molecule has 2 amide bonds. The molecule has 1 aromatic carbocycles. The molecule has 2 rings (SSSR count). The standard InChI is InChI=1S/C17H26N4O4S/c1-18(2)17(23)14-5-7-15(8-6-14)21(26(4,24)25)13-16(22)20-11-9-19(3)10-12-20/h5-8H,9-13H2,1-4H3. The molecule has 0 saturated carbocycles. The van der Waals surface area contributed by atoms with Crippen LogP contribution in [0.25, 0.3) is 0 Å². The molecule has 0 unspecified atom stereocenters. The summed E-state index contributed by atoms with van der Waals surface area (Å²) in [7, 11) is 1.65. The molecule has 9 heteroatoms. The lowest BCUT2D eigenvalue weighted by Gasteiger charge is -2.34. The van der Waals surface area contributed by atoms with Crippen LogP contribution >= 0.6 is 0 Å². The first-order valence-electron chi connectivity index (χ1n) is 8.35. The zero-order chi connectivity index (χ0) is 19.5. The topological polar surface area (TPSA) is 81.2 Å². The van der Waals surface area contributed by atoms with Gasteiger partial charge in [0, 0.05) is 45.8 Å². The number of carbonyl (C=O) groups is 2. The molecule has 1 saturated heterocycles. The van der Waals surface area contributed by atoms with Gasteiger partial charge in [0.05, 0.1) is 11.9 Å². The lowest BCUT2D eigenvalue weighted by molar-refractivity contribution is -0.131. The summed E-state index contributed by atoms with van der Waals surface area (Å²) >= 11 is 0. The van der Waals surface area contributed by atoms with Gasteiger partial charge < -0.3 is 14.7 Å². The van der Waals surface area contributed by atoms with E-state index in [0.29, 0.717) is 24.3 Å². The van der Waals surface area contributed by atoms with E-state index < -0.39 is 10.0 Å². The van der Waals surface area contributed by atoms with Gasteiger partial charge in [-0.25, -0.2) is 8.42 Å². The van der Waals surface area contributed by atoms with E-state index in [9.17, 15) is 18.0 Å². The van der Waals surface area contributed by atoms with Gasteiger partial charge in [0.25, 0.3) is 5.91 Å². The predicted molar refractivity (Wildman–Crippen MR) is 101 cm³/mol. The van der Waals surface area contributed by atoms with Gasteiger partial charge in [0.2, 0.25) is 15.9 Å². The molecule has 1 heterocycles. The number of likely N-dealkylation sites (N-methyl/N-ethyl adjacent to an activating group) is 1. The number of hydrogen-bond donors (Lipinski definition) is 0. The molecule has 144 valence electrons. The maximum atomic E-state index is 12.5. The molecule has 0 radical (unpaired) electrons.